The monoisotopic (exact) mass is 241 g/mol. The third-order valence-electron chi connectivity index (χ3n) is 2.16. The molecular weight excluding hydrogens is 226 g/mol. The van der Waals surface area contributed by atoms with Crippen molar-refractivity contribution in [1.29, 1.82) is 0 Å². The van der Waals surface area contributed by atoms with Crippen LogP contribution in [0.1, 0.15) is 30.3 Å². The summed E-state index contributed by atoms with van der Waals surface area (Å²) in [5.41, 5.74) is -0.824. The van der Waals surface area contributed by atoms with Crippen molar-refractivity contribution >= 4 is 5.97 Å². The molecule has 0 aliphatic carbocycles. The van der Waals surface area contributed by atoms with E-state index in [9.17, 15) is 9.59 Å². The molecule has 0 fully saturated rings. The SMILES string of the molecule is CCCCOn1c(C(=O)O)ccc(OC)c1=O. The first kappa shape index (κ1) is 13.1. The van der Waals surface area contributed by atoms with Crippen molar-refractivity contribution in [1.82, 2.24) is 4.73 Å². The van der Waals surface area contributed by atoms with Gasteiger partial charge in [-0.15, -0.1) is 4.73 Å². The Bertz CT molecular complexity index is 452. The number of hydrogen-bond donors (Lipinski definition) is 1. The van der Waals surface area contributed by atoms with Gasteiger partial charge in [-0.25, -0.2) is 4.79 Å². The molecule has 0 aliphatic heterocycles. The molecule has 17 heavy (non-hydrogen) atoms. The second kappa shape index (κ2) is 5.93. The molecule has 0 saturated carbocycles. The molecule has 0 aromatic carbocycles. The quantitative estimate of drug-likeness (QED) is 0.745. The first-order valence-electron chi connectivity index (χ1n) is 5.28. The zero-order valence-corrected chi connectivity index (χ0v) is 9.80. The van der Waals surface area contributed by atoms with Crippen molar-refractivity contribution < 1.29 is 19.5 Å². The van der Waals surface area contributed by atoms with Gasteiger partial charge in [0.2, 0.25) is 0 Å². The third-order valence-corrected chi connectivity index (χ3v) is 2.16. The number of carboxylic acid groups (broad SMARTS) is 1. The molecule has 1 aromatic rings. The molecule has 0 radical (unpaired) electrons. The molecule has 0 saturated heterocycles. The van der Waals surface area contributed by atoms with Crippen molar-refractivity contribution in [3.05, 3.63) is 28.2 Å². The molecule has 1 N–H and O–H groups in total. The number of aromatic nitrogens is 1. The smallest absolute Gasteiger partial charge is 0.356 e. The lowest BCUT2D eigenvalue weighted by molar-refractivity contribution is 0.0560. The maximum Gasteiger partial charge on any atom is 0.356 e. The largest absolute Gasteiger partial charge is 0.491 e. The van der Waals surface area contributed by atoms with Gasteiger partial charge in [-0.2, -0.15) is 0 Å². The summed E-state index contributed by atoms with van der Waals surface area (Å²) >= 11 is 0. The van der Waals surface area contributed by atoms with Gasteiger partial charge in [0.15, 0.2) is 11.4 Å². The maximum atomic E-state index is 11.8. The van der Waals surface area contributed by atoms with E-state index in [0.717, 1.165) is 17.6 Å². The van der Waals surface area contributed by atoms with Gasteiger partial charge in [-0.05, 0) is 18.6 Å². The average molecular weight is 241 g/mol. The molecule has 94 valence electrons. The lowest BCUT2D eigenvalue weighted by Crippen LogP contribution is -2.32. The number of rotatable bonds is 6. The van der Waals surface area contributed by atoms with E-state index in [1.165, 1.54) is 19.2 Å². The minimum Gasteiger partial charge on any atom is -0.491 e. The van der Waals surface area contributed by atoms with Crippen molar-refractivity contribution in [2.24, 2.45) is 0 Å². The van der Waals surface area contributed by atoms with E-state index in [-0.39, 0.29) is 18.1 Å². The van der Waals surface area contributed by atoms with Crippen LogP contribution in [-0.4, -0.2) is 29.5 Å². The van der Waals surface area contributed by atoms with Crippen LogP contribution >= 0.6 is 0 Å². The summed E-state index contributed by atoms with van der Waals surface area (Å²) in [6, 6.07) is 2.58. The first-order chi connectivity index (χ1) is 8.11. The van der Waals surface area contributed by atoms with Crippen LogP contribution < -0.4 is 15.1 Å². The lowest BCUT2D eigenvalue weighted by Gasteiger charge is -2.12. The van der Waals surface area contributed by atoms with Crippen LogP contribution in [0.15, 0.2) is 16.9 Å². The van der Waals surface area contributed by atoms with E-state index < -0.39 is 11.5 Å². The van der Waals surface area contributed by atoms with Gasteiger partial charge < -0.3 is 14.7 Å². The van der Waals surface area contributed by atoms with Crippen LogP contribution in [-0.2, 0) is 0 Å². The topological polar surface area (TPSA) is 77.8 Å². The predicted octanol–water partition coefficient (Wildman–Crippen LogP) is 0.784. The van der Waals surface area contributed by atoms with Gasteiger partial charge in [0.05, 0.1) is 7.11 Å². The molecule has 6 nitrogen and oxygen atoms in total. The fraction of sp³-hybridized carbons (Fsp3) is 0.455. The number of pyridine rings is 1. The Labute approximate surface area is 98.3 Å². The number of carbonyl (C=O) groups is 1. The van der Waals surface area contributed by atoms with Crippen LogP contribution in [0, 0.1) is 0 Å². The Morgan fingerprint density at radius 2 is 2.18 bits per heavy atom. The molecule has 0 amide bonds. The summed E-state index contributed by atoms with van der Waals surface area (Å²) in [4.78, 5) is 27.9. The zero-order valence-electron chi connectivity index (χ0n) is 9.80. The second-order valence-corrected chi connectivity index (χ2v) is 3.38. The number of carboxylic acids is 1. The van der Waals surface area contributed by atoms with E-state index in [1.807, 2.05) is 6.92 Å². The molecule has 0 bridgehead atoms. The van der Waals surface area contributed by atoms with Crippen LogP contribution in [0.2, 0.25) is 0 Å². The standard InChI is InChI=1S/C11H15NO5/c1-3-4-7-17-12-8(11(14)15)5-6-9(16-2)10(12)13/h5-6H,3-4,7H2,1-2H3,(H,14,15). The number of aromatic carboxylic acids is 1. The summed E-state index contributed by atoms with van der Waals surface area (Å²) in [7, 11) is 1.34. The normalized spacial score (nSPS) is 10.0. The Morgan fingerprint density at radius 1 is 1.47 bits per heavy atom. The number of unbranched alkanes of at least 4 members (excludes halogenated alkanes) is 1. The molecule has 1 heterocycles. The predicted molar refractivity (Wildman–Crippen MR) is 60.6 cm³/mol. The van der Waals surface area contributed by atoms with Crippen LogP contribution in [0.4, 0.5) is 0 Å². The molecule has 0 aliphatic rings. The Balaban J connectivity index is 3.11. The summed E-state index contributed by atoms with van der Waals surface area (Å²) < 4.78 is 5.58. The maximum absolute atomic E-state index is 11.8. The van der Waals surface area contributed by atoms with E-state index in [1.54, 1.807) is 0 Å². The molecule has 6 heteroatoms. The highest BCUT2D eigenvalue weighted by Crippen LogP contribution is 2.05. The minimum atomic E-state index is -1.22. The summed E-state index contributed by atoms with van der Waals surface area (Å²) in [6.45, 7) is 2.25. The number of ether oxygens (including phenoxy) is 1. The van der Waals surface area contributed by atoms with Crippen molar-refractivity contribution in [3.8, 4) is 5.75 Å². The molecule has 0 spiro atoms. The molecule has 1 rings (SSSR count). The van der Waals surface area contributed by atoms with Crippen LogP contribution in [0.25, 0.3) is 0 Å². The zero-order chi connectivity index (χ0) is 12.8. The van der Waals surface area contributed by atoms with Gasteiger partial charge in [0.1, 0.15) is 6.61 Å². The minimum absolute atomic E-state index is 0.0477. The van der Waals surface area contributed by atoms with Crippen molar-refractivity contribution in [2.75, 3.05) is 13.7 Å². The number of nitrogens with zero attached hydrogens (tertiary/aromatic N) is 1. The molecular formula is C11H15NO5. The van der Waals surface area contributed by atoms with E-state index in [4.69, 9.17) is 14.7 Å². The highest BCUT2D eigenvalue weighted by atomic mass is 16.7. The van der Waals surface area contributed by atoms with Gasteiger partial charge in [-0.1, -0.05) is 13.3 Å². The highest BCUT2D eigenvalue weighted by molar-refractivity contribution is 5.85. The van der Waals surface area contributed by atoms with Crippen LogP contribution in [0.5, 0.6) is 5.75 Å². The number of hydrogen-bond acceptors (Lipinski definition) is 4. The summed E-state index contributed by atoms with van der Waals surface area (Å²) in [5, 5.41) is 8.93. The van der Waals surface area contributed by atoms with E-state index >= 15 is 0 Å². The highest BCUT2D eigenvalue weighted by Gasteiger charge is 2.15. The third kappa shape index (κ3) is 2.99. The van der Waals surface area contributed by atoms with Crippen LogP contribution in [0.3, 0.4) is 0 Å². The van der Waals surface area contributed by atoms with Crippen molar-refractivity contribution in [3.63, 3.8) is 0 Å². The lowest BCUT2D eigenvalue weighted by atomic mass is 10.3. The molecule has 0 atom stereocenters. The van der Waals surface area contributed by atoms with Gasteiger partial charge in [0, 0.05) is 0 Å². The average Bonchev–Trinajstić information content (AvgIpc) is 2.31. The Morgan fingerprint density at radius 3 is 2.71 bits per heavy atom. The molecule has 0 unspecified atom stereocenters. The van der Waals surface area contributed by atoms with Gasteiger partial charge >= 0.3 is 11.5 Å². The second-order valence-electron chi connectivity index (χ2n) is 3.38. The fourth-order valence-corrected chi connectivity index (χ4v) is 1.24. The Kier molecular flexibility index (Phi) is 4.56. The first-order valence-corrected chi connectivity index (χ1v) is 5.28. The Hall–Kier alpha value is -1.98. The fourth-order valence-electron chi connectivity index (χ4n) is 1.24. The van der Waals surface area contributed by atoms with Gasteiger partial charge in [-0.3, -0.25) is 4.79 Å². The molecule has 1 aromatic heterocycles. The van der Waals surface area contributed by atoms with Gasteiger partial charge in [0.25, 0.3) is 0 Å². The van der Waals surface area contributed by atoms with E-state index in [0.29, 0.717) is 0 Å². The van der Waals surface area contributed by atoms with E-state index in [2.05, 4.69) is 0 Å². The number of methoxy groups -OCH3 is 1. The summed E-state index contributed by atoms with van der Waals surface area (Å²) in [5.74, 6) is -1.17. The van der Waals surface area contributed by atoms with Crippen molar-refractivity contribution in [2.45, 2.75) is 19.8 Å². The summed E-state index contributed by atoms with van der Waals surface area (Å²) in [6.07, 6.45) is 1.63.